The van der Waals surface area contributed by atoms with Gasteiger partial charge in [-0.25, -0.2) is 0 Å². The molecule has 2 unspecified atom stereocenters. The van der Waals surface area contributed by atoms with Gasteiger partial charge < -0.3 is 5.32 Å². The van der Waals surface area contributed by atoms with E-state index in [1.807, 2.05) is 0 Å². The highest BCUT2D eigenvalue weighted by Gasteiger charge is 2.38. The Hall–Kier alpha value is -0.0400. The molecule has 0 aromatic rings. The molecule has 2 atom stereocenters. The van der Waals surface area contributed by atoms with E-state index in [1.165, 1.54) is 25.8 Å². The first-order valence-electron chi connectivity index (χ1n) is 6.17. The number of hydrogen-bond donors (Lipinski definition) is 1. The van der Waals surface area contributed by atoms with E-state index in [0.29, 0.717) is 5.41 Å². The zero-order valence-electron chi connectivity index (χ0n) is 10.6. The Morgan fingerprint density at radius 3 is 2.36 bits per heavy atom. The van der Waals surface area contributed by atoms with Crippen molar-refractivity contribution in [3.63, 3.8) is 0 Å². The first kappa shape index (κ1) is 12.0. The summed E-state index contributed by atoms with van der Waals surface area (Å²) in [5.41, 5.74) is 0.554. The van der Waals surface area contributed by atoms with Crippen LogP contribution in [-0.2, 0) is 0 Å². The van der Waals surface area contributed by atoms with Crippen molar-refractivity contribution in [1.82, 2.24) is 5.32 Å². The predicted octanol–water partition coefficient (Wildman–Crippen LogP) is 3.45. The molecule has 1 N–H and O–H groups in total. The summed E-state index contributed by atoms with van der Waals surface area (Å²) in [5.74, 6) is 1.65. The Labute approximate surface area is 89.7 Å². The standard InChI is InChI=1S/C13H27N/c1-10(2)8-12-13(5,6-7-14-12)9-11(3)4/h10-12,14H,6-9H2,1-5H3. The number of rotatable bonds is 4. The molecule has 0 amide bonds. The molecule has 1 fully saturated rings. The highest BCUT2D eigenvalue weighted by molar-refractivity contribution is 4.94. The van der Waals surface area contributed by atoms with E-state index >= 15 is 0 Å². The van der Waals surface area contributed by atoms with Crippen LogP contribution in [0.25, 0.3) is 0 Å². The lowest BCUT2D eigenvalue weighted by Gasteiger charge is -2.34. The molecule has 0 aromatic heterocycles. The molecule has 1 rings (SSSR count). The lowest BCUT2D eigenvalue weighted by molar-refractivity contribution is 0.202. The van der Waals surface area contributed by atoms with E-state index in [4.69, 9.17) is 0 Å². The first-order chi connectivity index (χ1) is 6.44. The maximum absolute atomic E-state index is 3.68. The molecule has 0 radical (unpaired) electrons. The highest BCUT2D eigenvalue weighted by Crippen LogP contribution is 2.39. The van der Waals surface area contributed by atoms with E-state index < -0.39 is 0 Å². The molecule has 1 aliphatic rings. The van der Waals surface area contributed by atoms with Crippen LogP contribution in [0.4, 0.5) is 0 Å². The summed E-state index contributed by atoms with van der Waals surface area (Å²) in [4.78, 5) is 0. The molecular weight excluding hydrogens is 170 g/mol. The minimum atomic E-state index is 0.554. The fraction of sp³-hybridized carbons (Fsp3) is 1.00. The second kappa shape index (κ2) is 4.65. The zero-order chi connectivity index (χ0) is 10.8. The maximum Gasteiger partial charge on any atom is 0.0124 e. The minimum Gasteiger partial charge on any atom is -0.313 e. The van der Waals surface area contributed by atoms with Gasteiger partial charge in [-0.1, -0.05) is 34.6 Å². The maximum atomic E-state index is 3.68. The second-order valence-corrected chi connectivity index (χ2v) is 6.14. The van der Waals surface area contributed by atoms with Gasteiger partial charge in [0.2, 0.25) is 0 Å². The summed E-state index contributed by atoms with van der Waals surface area (Å²) in [7, 11) is 0. The minimum absolute atomic E-state index is 0.554. The topological polar surface area (TPSA) is 12.0 Å². The summed E-state index contributed by atoms with van der Waals surface area (Å²) in [6.07, 6.45) is 4.07. The van der Waals surface area contributed by atoms with Crippen molar-refractivity contribution in [2.24, 2.45) is 17.3 Å². The third-order valence-electron chi connectivity index (χ3n) is 3.51. The van der Waals surface area contributed by atoms with Crippen molar-refractivity contribution in [2.45, 2.75) is 59.9 Å². The molecule has 0 bridgehead atoms. The van der Waals surface area contributed by atoms with Crippen LogP contribution in [0.3, 0.4) is 0 Å². The average molecular weight is 197 g/mol. The van der Waals surface area contributed by atoms with Crippen LogP contribution in [0, 0.1) is 17.3 Å². The summed E-state index contributed by atoms with van der Waals surface area (Å²) in [5, 5.41) is 3.68. The van der Waals surface area contributed by atoms with Gasteiger partial charge in [0.25, 0.3) is 0 Å². The van der Waals surface area contributed by atoms with Gasteiger partial charge in [0, 0.05) is 6.04 Å². The lowest BCUT2D eigenvalue weighted by atomic mass is 9.73. The predicted molar refractivity (Wildman–Crippen MR) is 63.4 cm³/mol. The van der Waals surface area contributed by atoms with Gasteiger partial charge in [-0.3, -0.25) is 0 Å². The van der Waals surface area contributed by atoms with E-state index in [1.54, 1.807) is 0 Å². The molecule has 1 heteroatoms. The average Bonchev–Trinajstić information content (AvgIpc) is 2.29. The van der Waals surface area contributed by atoms with Crippen LogP contribution < -0.4 is 5.32 Å². The Bertz CT molecular complexity index is 174. The summed E-state index contributed by atoms with van der Waals surface area (Å²) in [6.45, 7) is 13.0. The highest BCUT2D eigenvalue weighted by atomic mass is 15.0. The van der Waals surface area contributed by atoms with E-state index in [9.17, 15) is 0 Å². The molecule has 1 heterocycles. The molecule has 0 saturated carbocycles. The van der Waals surface area contributed by atoms with Crippen molar-refractivity contribution in [3.8, 4) is 0 Å². The van der Waals surface area contributed by atoms with E-state index in [-0.39, 0.29) is 0 Å². The van der Waals surface area contributed by atoms with Crippen LogP contribution in [0.5, 0.6) is 0 Å². The van der Waals surface area contributed by atoms with Gasteiger partial charge in [0.15, 0.2) is 0 Å². The lowest BCUT2D eigenvalue weighted by Crippen LogP contribution is -2.36. The monoisotopic (exact) mass is 197 g/mol. The molecule has 1 aliphatic heterocycles. The van der Waals surface area contributed by atoms with Crippen LogP contribution in [0.2, 0.25) is 0 Å². The third-order valence-corrected chi connectivity index (χ3v) is 3.51. The molecule has 0 spiro atoms. The number of nitrogens with one attached hydrogen (secondary N) is 1. The SMILES string of the molecule is CC(C)CC1NCCC1(C)CC(C)C. The van der Waals surface area contributed by atoms with Gasteiger partial charge >= 0.3 is 0 Å². The van der Waals surface area contributed by atoms with Gasteiger partial charge in [0.1, 0.15) is 0 Å². The molecule has 14 heavy (non-hydrogen) atoms. The van der Waals surface area contributed by atoms with Crippen molar-refractivity contribution >= 4 is 0 Å². The van der Waals surface area contributed by atoms with E-state index in [2.05, 4.69) is 39.9 Å². The van der Waals surface area contributed by atoms with Crippen molar-refractivity contribution in [1.29, 1.82) is 0 Å². The van der Waals surface area contributed by atoms with Crippen molar-refractivity contribution < 1.29 is 0 Å². The first-order valence-corrected chi connectivity index (χ1v) is 6.17. The number of hydrogen-bond acceptors (Lipinski definition) is 1. The Balaban J connectivity index is 2.56. The second-order valence-electron chi connectivity index (χ2n) is 6.14. The van der Waals surface area contributed by atoms with Crippen molar-refractivity contribution in [2.75, 3.05) is 6.54 Å². The third kappa shape index (κ3) is 2.98. The van der Waals surface area contributed by atoms with Gasteiger partial charge in [-0.05, 0) is 43.1 Å². The molecular formula is C13H27N. The van der Waals surface area contributed by atoms with E-state index in [0.717, 1.165) is 17.9 Å². The van der Waals surface area contributed by atoms with Crippen LogP contribution >= 0.6 is 0 Å². The Kier molecular flexibility index (Phi) is 4.00. The van der Waals surface area contributed by atoms with Gasteiger partial charge in [-0.15, -0.1) is 0 Å². The molecule has 0 aromatic carbocycles. The Morgan fingerprint density at radius 1 is 1.21 bits per heavy atom. The molecule has 84 valence electrons. The van der Waals surface area contributed by atoms with Gasteiger partial charge in [0.05, 0.1) is 0 Å². The Morgan fingerprint density at radius 2 is 1.86 bits per heavy atom. The zero-order valence-corrected chi connectivity index (χ0v) is 10.6. The van der Waals surface area contributed by atoms with Crippen LogP contribution in [0.1, 0.15) is 53.9 Å². The fourth-order valence-electron chi connectivity index (χ4n) is 2.97. The smallest absolute Gasteiger partial charge is 0.0124 e. The van der Waals surface area contributed by atoms with Crippen LogP contribution in [-0.4, -0.2) is 12.6 Å². The fourth-order valence-corrected chi connectivity index (χ4v) is 2.97. The molecule has 1 saturated heterocycles. The summed E-state index contributed by atoms with van der Waals surface area (Å²) in [6, 6.07) is 0.755. The normalized spacial score (nSPS) is 33.2. The molecule has 1 nitrogen and oxygen atoms in total. The molecule has 0 aliphatic carbocycles. The quantitative estimate of drug-likeness (QED) is 0.728. The van der Waals surface area contributed by atoms with Crippen molar-refractivity contribution in [3.05, 3.63) is 0 Å². The largest absolute Gasteiger partial charge is 0.313 e. The summed E-state index contributed by atoms with van der Waals surface area (Å²) < 4.78 is 0. The van der Waals surface area contributed by atoms with Gasteiger partial charge in [-0.2, -0.15) is 0 Å². The van der Waals surface area contributed by atoms with Crippen LogP contribution in [0.15, 0.2) is 0 Å². The summed E-state index contributed by atoms with van der Waals surface area (Å²) >= 11 is 0.